The first-order chi connectivity index (χ1) is 21.6. The molecule has 46 heavy (non-hydrogen) atoms. The highest BCUT2D eigenvalue weighted by Crippen LogP contribution is 2.34. The summed E-state index contributed by atoms with van der Waals surface area (Å²) in [5.74, 6) is -0.633. The topological polar surface area (TPSA) is 316 Å². The maximum absolute atomic E-state index is 11.8. The number of carbonyl (C=O) groups excluding carboxylic acids is 1. The molecular weight excluding hydrogens is 630 g/mol. The van der Waals surface area contributed by atoms with E-state index in [1.54, 1.807) is 0 Å². The van der Waals surface area contributed by atoms with Crippen LogP contribution in [0.2, 0.25) is 0 Å². The Morgan fingerprint density at radius 2 is 1.00 bits per heavy atom. The molecule has 1 amide bonds. The molecule has 4 aliphatic rings. The second-order valence-electron chi connectivity index (χ2n) is 11.8. The van der Waals surface area contributed by atoms with E-state index in [1.807, 2.05) is 0 Å². The van der Waals surface area contributed by atoms with Gasteiger partial charge in [0.2, 0.25) is 5.91 Å². The molecule has 0 aromatic heterocycles. The van der Waals surface area contributed by atoms with Crippen LogP contribution in [-0.2, 0) is 38.0 Å². The first-order valence-corrected chi connectivity index (χ1v) is 14.8. The van der Waals surface area contributed by atoms with E-state index in [-0.39, 0.29) is 0 Å². The molecule has 0 bridgehead atoms. The molecule has 0 saturated carbocycles. The van der Waals surface area contributed by atoms with Gasteiger partial charge < -0.3 is 94.6 Å². The Labute approximate surface area is 262 Å². The Balaban J connectivity index is 1.51. The van der Waals surface area contributed by atoms with Crippen LogP contribution in [0.25, 0.3) is 0 Å². The molecule has 0 unspecified atom stereocenters. The zero-order valence-electron chi connectivity index (χ0n) is 25.1. The highest BCUT2D eigenvalue weighted by atomic mass is 16.8. The summed E-state index contributed by atoms with van der Waals surface area (Å²) in [6.45, 7) is 2.38. The fourth-order valence-corrected chi connectivity index (χ4v) is 5.82. The van der Waals surface area contributed by atoms with Gasteiger partial charge in [-0.25, -0.2) is 0 Å². The first kappa shape index (κ1) is 37.6. The largest absolute Gasteiger partial charge is 0.394 e. The van der Waals surface area contributed by atoms with Crippen LogP contribution < -0.4 is 5.32 Å². The lowest BCUT2D eigenvalue weighted by Crippen LogP contribution is -2.68. The van der Waals surface area contributed by atoms with Gasteiger partial charge in [-0.2, -0.15) is 0 Å². The zero-order valence-corrected chi connectivity index (χ0v) is 25.1. The Hall–Kier alpha value is -1.25. The lowest BCUT2D eigenvalue weighted by molar-refractivity contribution is -0.382. The minimum absolute atomic E-state index is 0.633. The second kappa shape index (κ2) is 15.5. The molecule has 4 aliphatic heterocycles. The molecule has 4 fully saturated rings. The van der Waals surface area contributed by atoms with E-state index in [1.165, 1.54) is 13.8 Å². The molecule has 4 saturated heterocycles. The van der Waals surface area contributed by atoms with E-state index in [2.05, 4.69) is 5.32 Å². The molecule has 20 atom stereocenters. The number of hydrogen-bond acceptors (Lipinski definition) is 19. The molecule has 4 heterocycles. The molecule has 0 aromatic carbocycles. The number of carbonyl (C=O) groups is 1. The van der Waals surface area contributed by atoms with Crippen LogP contribution in [0.4, 0.5) is 0 Å². The van der Waals surface area contributed by atoms with E-state index >= 15 is 0 Å². The predicted molar refractivity (Wildman–Crippen MR) is 143 cm³/mol. The van der Waals surface area contributed by atoms with Gasteiger partial charge >= 0.3 is 0 Å². The van der Waals surface area contributed by atoms with Gasteiger partial charge in [-0.05, 0) is 13.8 Å². The number of hydrogen-bond donors (Lipinski definition) is 12. The number of nitrogens with one attached hydrogen (secondary N) is 1. The summed E-state index contributed by atoms with van der Waals surface area (Å²) in [6.07, 6.45) is -30.6. The normalized spacial score (nSPS) is 51.9. The van der Waals surface area contributed by atoms with Crippen molar-refractivity contribution in [2.45, 2.75) is 144 Å². The Morgan fingerprint density at radius 1 is 0.565 bits per heavy atom. The monoisotopic (exact) mass is 675 g/mol. The molecule has 20 nitrogen and oxygen atoms in total. The second-order valence-corrected chi connectivity index (χ2v) is 11.8. The third kappa shape index (κ3) is 7.64. The smallest absolute Gasteiger partial charge is 0.217 e. The molecule has 20 heteroatoms. The van der Waals surface area contributed by atoms with Crippen LogP contribution in [0.1, 0.15) is 20.8 Å². The molecule has 268 valence electrons. The van der Waals surface area contributed by atoms with Gasteiger partial charge in [-0.1, -0.05) is 0 Å². The van der Waals surface area contributed by atoms with Crippen LogP contribution in [0.3, 0.4) is 0 Å². The van der Waals surface area contributed by atoms with Crippen molar-refractivity contribution in [3.8, 4) is 0 Å². The fraction of sp³-hybridized carbons (Fsp3) is 0.962. The summed E-state index contributed by atoms with van der Waals surface area (Å²) >= 11 is 0. The van der Waals surface area contributed by atoms with Gasteiger partial charge in [-0.3, -0.25) is 4.79 Å². The standard InChI is InChI=1S/C26H45NO19/c1-6-13(32)22(18(37)25(40-6)44-20-11(27-8(3)30)23(39)42-10(5-29)15(20)34)46-26-19(38)21(12(31)7(2)41-26)45-24-17(36)16(35)14(33)9(4-28)43-24/h6-7,9-26,28-29,31-39H,4-5H2,1-3H3,(H,27,30)/t6-,7-,9+,10+,11+,12-,13-,14+,15+,16-,17+,18+,19+,20+,21+,22+,23+,24+,25-,26-/m0/s1. The maximum atomic E-state index is 11.8. The summed E-state index contributed by atoms with van der Waals surface area (Å²) in [5.41, 5.74) is 0. The van der Waals surface area contributed by atoms with Crippen LogP contribution in [0, 0.1) is 0 Å². The van der Waals surface area contributed by atoms with Crippen molar-refractivity contribution in [2.75, 3.05) is 13.2 Å². The average molecular weight is 676 g/mol. The summed E-state index contributed by atoms with van der Waals surface area (Å²) < 4.78 is 38.8. The van der Waals surface area contributed by atoms with Crippen molar-refractivity contribution in [3.05, 3.63) is 0 Å². The maximum Gasteiger partial charge on any atom is 0.217 e. The third-order valence-corrected chi connectivity index (χ3v) is 8.53. The van der Waals surface area contributed by atoms with Crippen LogP contribution in [0.5, 0.6) is 0 Å². The molecule has 12 N–H and O–H groups in total. The van der Waals surface area contributed by atoms with Crippen LogP contribution >= 0.6 is 0 Å². The minimum Gasteiger partial charge on any atom is -0.394 e. The number of aliphatic hydroxyl groups is 11. The molecule has 0 aromatic rings. The molecular formula is C26H45NO19. The Morgan fingerprint density at radius 3 is 1.46 bits per heavy atom. The van der Waals surface area contributed by atoms with Gasteiger partial charge in [0, 0.05) is 6.92 Å². The number of aliphatic hydroxyl groups excluding tert-OH is 11. The minimum atomic E-state index is -1.89. The summed E-state index contributed by atoms with van der Waals surface area (Å²) in [4.78, 5) is 11.8. The van der Waals surface area contributed by atoms with Gasteiger partial charge in [0.15, 0.2) is 25.2 Å². The molecule has 0 aliphatic carbocycles. The number of rotatable bonds is 9. The SMILES string of the molecule is CC(=O)N[C@@H]1[C@@H](O[C@@H]2O[C@@H](C)[C@H](O)[C@@H](O[C@@H]3O[C@@H](C)[C@H](O)[C@@H](O[C@H]4O[C@H](CO)[C@@H](O)[C@H](O)[C@H]4O)[C@H]3O)[C@H]2O)[C@H](O)[C@@H](CO)O[C@H]1O. The highest BCUT2D eigenvalue weighted by Gasteiger charge is 2.54. The van der Waals surface area contributed by atoms with E-state index in [4.69, 9.17) is 33.2 Å². The third-order valence-electron chi connectivity index (χ3n) is 8.53. The summed E-state index contributed by atoms with van der Waals surface area (Å²) in [5, 5.41) is 117. The van der Waals surface area contributed by atoms with E-state index in [9.17, 15) is 61.0 Å². The van der Waals surface area contributed by atoms with E-state index < -0.39 is 142 Å². The highest BCUT2D eigenvalue weighted by molar-refractivity contribution is 5.73. The van der Waals surface area contributed by atoms with Gasteiger partial charge in [-0.15, -0.1) is 0 Å². The summed E-state index contributed by atoms with van der Waals surface area (Å²) in [6, 6.07) is -1.39. The van der Waals surface area contributed by atoms with Gasteiger partial charge in [0.05, 0.1) is 25.4 Å². The Kier molecular flexibility index (Phi) is 12.7. The molecule has 0 spiro atoms. The van der Waals surface area contributed by atoms with Crippen LogP contribution in [-0.4, -0.2) is 198 Å². The van der Waals surface area contributed by atoms with Crippen LogP contribution in [0.15, 0.2) is 0 Å². The van der Waals surface area contributed by atoms with E-state index in [0.717, 1.165) is 6.92 Å². The van der Waals surface area contributed by atoms with Crippen molar-refractivity contribution in [1.82, 2.24) is 5.32 Å². The van der Waals surface area contributed by atoms with E-state index in [0.29, 0.717) is 0 Å². The van der Waals surface area contributed by atoms with Crippen molar-refractivity contribution < 1.29 is 94.1 Å². The number of amides is 1. The first-order valence-electron chi connectivity index (χ1n) is 14.8. The van der Waals surface area contributed by atoms with Gasteiger partial charge in [0.25, 0.3) is 0 Å². The van der Waals surface area contributed by atoms with Crippen molar-refractivity contribution in [1.29, 1.82) is 0 Å². The van der Waals surface area contributed by atoms with Crippen molar-refractivity contribution in [2.24, 2.45) is 0 Å². The predicted octanol–water partition coefficient (Wildman–Crippen LogP) is -7.55. The average Bonchev–Trinajstić information content (AvgIpc) is 3.01. The zero-order chi connectivity index (χ0) is 34.2. The molecule has 4 rings (SSSR count). The lowest BCUT2D eigenvalue weighted by Gasteiger charge is -2.49. The van der Waals surface area contributed by atoms with Crippen molar-refractivity contribution >= 4 is 5.91 Å². The van der Waals surface area contributed by atoms with Gasteiger partial charge in [0.1, 0.15) is 85.4 Å². The fourth-order valence-electron chi connectivity index (χ4n) is 5.82. The lowest BCUT2D eigenvalue weighted by atomic mass is 9.95. The summed E-state index contributed by atoms with van der Waals surface area (Å²) in [7, 11) is 0. The number of ether oxygens (including phenoxy) is 7. The quantitative estimate of drug-likeness (QED) is 0.108. The molecule has 0 radical (unpaired) electrons. The Bertz CT molecular complexity index is 995. The van der Waals surface area contributed by atoms with Crippen molar-refractivity contribution in [3.63, 3.8) is 0 Å².